The van der Waals surface area contributed by atoms with Gasteiger partial charge in [-0.15, -0.1) is 0 Å². The Morgan fingerprint density at radius 2 is 1.93 bits per heavy atom. The Bertz CT molecular complexity index is 1050. The standard InChI is InChI=1S/C20H21FN2O6S/c1-30(27,28)15-3-4-16(17(21)10-15)18-5-2-14(11-22-18)29-12-13-6-8-23(9-7-13)19(24)20(25)26/h2-5,10-11,13H,6-9,12H2,1H3,(H,25,26). The number of aromatic nitrogens is 1. The molecule has 160 valence electrons. The Kier molecular flexibility index (Phi) is 6.35. The second-order valence-electron chi connectivity index (χ2n) is 7.14. The maximum atomic E-state index is 14.3. The van der Waals surface area contributed by atoms with Crippen LogP contribution in [-0.2, 0) is 19.4 Å². The minimum absolute atomic E-state index is 0.0974. The van der Waals surface area contributed by atoms with Crippen molar-refractivity contribution < 1.29 is 32.2 Å². The zero-order chi connectivity index (χ0) is 21.9. The van der Waals surface area contributed by atoms with Crippen LogP contribution in [0.25, 0.3) is 11.3 Å². The van der Waals surface area contributed by atoms with E-state index in [1.54, 1.807) is 12.1 Å². The number of rotatable bonds is 5. The van der Waals surface area contributed by atoms with Crippen LogP contribution in [0.4, 0.5) is 4.39 Å². The van der Waals surface area contributed by atoms with Gasteiger partial charge in [-0.05, 0) is 49.1 Å². The zero-order valence-electron chi connectivity index (χ0n) is 16.2. The molecule has 10 heteroatoms. The number of aliphatic carboxylic acids is 1. The molecule has 0 atom stereocenters. The third-order valence-electron chi connectivity index (χ3n) is 4.95. The molecular formula is C20H21FN2O6S. The number of carbonyl (C=O) groups excluding carboxylic acids is 1. The number of piperidine rings is 1. The molecule has 0 bridgehead atoms. The number of nitrogens with zero attached hydrogens (tertiary/aromatic N) is 2. The number of amides is 1. The highest BCUT2D eigenvalue weighted by atomic mass is 32.2. The van der Waals surface area contributed by atoms with E-state index in [4.69, 9.17) is 9.84 Å². The lowest BCUT2D eigenvalue weighted by atomic mass is 9.98. The second kappa shape index (κ2) is 8.78. The molecular weight excluding hydrogens is 415 g/mol. The molecule has 1 aromatic heterocycles. The van der Waals surface area contributed by atoms with Crippen molar-refractivity contribution >= 4 is 21.7 Å². The van der Waals surface area contributed by atoms with E-state index in [9.17, 15) is 22.4 Å². The first kappa shape index (κ1) is 21.7. The third-order valence-corrected chi connectivity index (χ3v) is 6.06. The fourth-order valence-corrected chi connectivity index (χ4v) is 3.84. The Labute approximate surface area is 173 Å². The van der Waals surface area contributed by atoms with Gasteiger partial charge in [-0.3, -0.25) is 9.78 Å². The molecule has 1 N–H and O–H groups in total. The molecule has 0 aliphatic carbocycles. The van der Waals surface area contributed by atoms with Crippen LogP contribution >= 0.6 is 0 Å². The van der Waals surface area contributed by atoms with Gasteiger partial charge in [0.2, 0.25) is 0 Å². The van der Waals surface area contributed by atoms with Gasteiger partial charge in [0.15, 0.2) is 9.84 Å². The van der Waals surface area contributed by atoms with E-state index in [-0.39, 0.29) is 16.4 Å². The van der Waals surface area contributed by atoms with E-state index >= 15 is 0 Å². The number of sulfone groups is 1. The van der Waals surface area contributed by atoms with Crippen LogP contribution in [0.3, 0.4) is 0 Å². The first-order chi connectivity index (χ1) is 14.1. The maximum absolute atomic E-state index is 14.3. The average molecular weight is 436 g/mol. The molecule has 2 heterocycles. The summed E-state index contributed by atoms with van der Waals surface area (Å²) in [6.45, 7) is 1.14. The van der Waals surface area contributed by atoms with Crippen molar-refractivity contribution in [1.82, 2.24) is 9.88 Å². The largest absolute Gasteiger partial charge is 0.492 e. The van der Waals surface area contributed by atoms with Gasteiger partial charge in [0.1, 0.15) is 11.6 Å². The highest BCUT2D eigenvalue weighted by molar-refractivity contribution is 7.90. The van der Waals surface area contributed by atoms with Crippen LogP contribution < -0.4 is 4.74 Å². The Balaban J connectivity index is 1.57. The second-order valence-corrected chi connectivity index (χ2v) is 9.16. The molecule has 2 aromatic rings. The van der Waals surface area contributed by atoms with Gasteiger partial charge in [-0.2, -0.15) is 0 Å². The Hall–Kier alpha value is -3.01. The van der Waals surface area contributed by atoms with Crippen LogP contribution in [-0.4, -0.2) is 61.2 Å². The van der Waals surface area contributed by atoms with Crippen molar-refractivity contribution in [2.24, 2.45) is 5.92 Å². The Morgan fingerprint density at radius 3 is 2.47 bits per heavy atom. The van der Waals surface area contributed by atoms with E-state index in [0.29, 0.717) is 44.0 Å². The van der Waals surface area contributed by atoms with Crippen LogP contribution in [0.2, 0.25) is 0 Å². The van der Waals surface area contributed by atoms with Crippen LogP contribution in [0, 0.1) is 11.7 Å². The smallest absolute Gasteiger partial charge is 0.394 e. The fraction of sp³-hybridized carbons (Fsp3) is 0.350. The third kappa shape index (κ3) is 5.12. The molecule has 0 spiro atoms. The number of benzene rings is 1. The summed E-state index contributed by atoms with van der Waals surface area (Å²) in [6, 6.07) is 6.91. The van der Waals surface area contributed by atoms with Crippen molar-refractivity contribution in [1.29, 1.82) is 0 Å². The number of carboxylic acid groups (broad SMARTS) is 1. The maximum Gasteiger partial charge on any atom is 0.394 e. The van der Waals surface area contributed by atoms with Gasteiger partial charge in [0.05, 0.1) is 23.4 Å². The summed E-state index contributed by atoms with van der Waals surface area (Å²) in [5, 5.41) is 8.75. The van der Waals surface area contributed by atoms with E-state index in [1.807, 2.05) is 0 Å². The van der Waals surface area contributed by atoms with Gasteiger partial charge in [0.25, 0.3) is 0 Å². The molecule has 1 saturated heterocycles. The lowest BCUT2D eigenvalue weighted by Gasteiger charge is -2.30. The molecule has 1 aliphatic heterocycles. The zero-order valence-corrected chi connectivity index (χ0v) is 17.1. The number of ether oxygens (including phenoxy) is 1. The average Bonchev–Trinajstić information content (AvgIpc) is 2.72. The van der Waals surface area contributed by atoms with Crippen molar-refractivity contribution in [2.75, 3.05) is 26.0 Å². The minimum atomic E-state index is -3.49. The van der Waals surface area contributed by atoms with Gasteiger partial charge < -0.3 is 14.7 Å². The summed E-state index contributed by atoms with van der Waals surface area (Å²) in [5.41, 5.74) is 0.532. The van der Waals surface area contributed by atoms with Crippen LogP contribution in [0.1, 0.15) is 12.8 Å². The first-order valence-electron chi connectivity index (χ1n) is 9.26. The monoisotopic (exact) mass is 436 g/mol. The number of likely N-dealkylation sites (tertiary alicyclic amines) is 1. The van der Waals surface area contributed by atoms with Crippen molar-refractivity contribution in [3.05, 3.63) is 42.3 Å². The van der Waals surface area contributed by atoms with E-state index in [2.05, 4.69) is 4.98 Å². The van der Waals surface area contributed by atoms with E-state index < -0.39 is 27.5 Å². The summed E-state index contributed by atoms with van der Waals surface area (Å²) in [4.78, 5) is 27.6. The van der Waals surface area contributed by atoms with Crippen molar-refractivity contribution in [2.45, 2.75) is 17.7 Å². The summed E-state index contributed by atoms with van der Waals surface area (Å²) < 4.78 is 43.0. The number of halogens is 1. The number of carbonyl (C=O) groups is 2. The molecule has 1 aromatic carbocycles. The first-order valence-corrected chi connectivity index (χ1v) is 11.2. The summed E-state index contributed by atoms with van der Waals surface area (Å²) >= 11 is 0. The normalized spacial score (nSPS) is 15.1. The molecule has 1 fully saturated rings. The lowest BCUT2D eigenvalue weighted by Crippen LogP contribution is -2.42. The Morgan fingerprint density at radius 1 is 1.23 bits per heavy atom. The van der Waals surface area contributed by atoms with Crippen molar-refractivity contribution in [3.8, 4) is 17.0 Å². The van der Waals surface area contributed by atoms with E-state index in [1.165, 1.54) is 23.2 Å². The van der Waals surface area contributed by atoms with Crippen molar-refractivity contribution in [3.63, 3.8) is 0 Å². The molecule has 1 aliphatic rings. The quantitative estimate of drug-likeness (QED) is 0.713. The van der Waals surface area contributed by atoms with E-state index in [0.717, 1.165) is 12.3 Å². The molecule has 0 saturated carbocycles. The highest BCUT2D eigenvalue weighted by Crippen LogP contribution is 2.25. The SMILES string of the molecule is CS(=O)(=O)c1ccc(-c2ccc(OCC3CCN(C(=O)C(=O)O)CC3)cn2)c(F)c1. The molecule has 1 amide bonds. The van der Waals surface area contributed by atoms with Gasteiger partial charge in [-0.1, -0.05) is 0 Å². The molecule has 3 rings (SSSR count). The lowest BCUT2D eigenvalue weighted by molar-refractivity contribution is -0.156. The van der Waals surface area contributed by atoms with Gasteiger partial charge >= 0.3 is 11.9 Å². The predicted octanol–water partition coefficient (Wildman–Crippen LogP) is 1.99. The fourth-order valence-electron chi connectivity index (χ4n) is 3.21. The number of pyridine rings is 1. The number of carboxylic acids is 1. The summed E-state index contributed by atoms with van der Waals surface area (Å²) in [7, 11) is -3.49. The molecule has 30 heavy (non-hydrogen) atoms. The highest BCUT2D eigenvalue weighted by Gasteiger charge is 2.26. The van der Waals surface area contributed by atoms with Crippen LogP contribution in [0.15, 0.2) is 41.4 Å². The number of hydrogen-bond donors (Lipinski definition) is 1. The predicted molar refractivity (Wildman–Crippen MR) is 105 cm³/mol. The molecule has 8 nitrogen and oxygen atoms in total. The topological polar surface area (TPSA) is 114 Å². The molecule has 0 unspecified atom stereocenters. The van der Waals surface area contributed by atoms with Gasteiger partial charge in [-0.25, -0.2) is 17.6 Å². The minimum Gasteiger partial charge on any atom is -0.492 e. The number of hydrogen-bond acceptors (Lipinski definition) is 6. The molecule has 0 radical (unpaired) electrons. The summed E-state index contributed by atoms with van der Waals surface area (Å²) in [5.74, 6) is -2.33. The summed E-state index contributed by atoms with van der Waals surface area (Å²) in [6.07, 6.45) is 3.76. The van der Waals surface area contributed by atoms with Crippen LogP contribution in [0.5, 0.6) is 5.75 Å². The van der Waals surface area contributed by atoms with Gasteiger partial charge in [0, 0.05) is 24.9 Å².